The third kappa shape index (κ3) is 21.4. The van der Waals surface area contributed by atoms with E-state index in [-0.39, 0.29) is 65.7 Å². The summed E-state index contributed by atoms with van der Waals surface area (Å²) in [6.45, 7) is 26.5. The second-order valence-electron chi connectivity index (χ2n) is 22.4. The van der Waals surface area contributed by atoms with Crippen LogP contribution >= 0.6 is 0 Å². The van der Waals surface area contributed by atoms with Gasteiger partial charge < -0.3 is 45.6 Å². The molecule has 0 bridgehead atoms. The van der Waals surface area contributed by atoms with Gasteiger partial charge in [-0.05, 0) is 109 Å². The number of hydrogen-bond donors (Lipinski definition) is 4. The molecule has 2 unspecified atom stereocenters. The zero-order valence-electron chi connectivity index (χ0n) is 47.1. The van der Waals surface area contributed by atoms with Crippen LogP contribution in [0.5, 0.6) is 0 Å². The number of alkyl carbamates (subject to hydrolysis) is 1. The molecule has 0 aliphatic carbocycles. The lowest BCUT2D eigenvalue weighted by atomic mass is 9.92. The Morgan fingerprint density at radius 2 is 1.11 bits per heavy atom. The molecule has 0 radical (unpaired) electrons. The molecule has 0 saturated carbocycles. The van der Waals surface area contributed by atoms with E-state index in [4.69, 9.17) is 4.74 Å². The lowest BCUT2D eigenvalue weighted by molar-refractivity contribution is -0.155. The molecule has 0 saturated heterocycles. The fraction of sp³-hybridized carbons (Fsp3) is 0.792. The molecule has 0 aromatic carbocycles. The smallest absolute Gasteiger partial charge is 0.407 e. The Hall–Kier alpha value is -4.87. The summed E-state index contributed by atoms with van der Waals surface area (Å²) in [4.78, 5) is 120. The van der Waals surface area contributed by atoms with Crippen LogP contribution in [0.1, 0.15) is 155 Å². The average Bonchev–Trinajstić information content (AvgIpc) is 3.24. The molecule has 71 heavy (non-hydrogen) atoms. The highest BCUT2D eigenvalue weighted by molar-refractivity contribution is 5.99. The summed E-state index contributed by atoms with van der Waals surface area (Å²) in [6, 6.07) is -6.51. The molecule has 18 heteroatoms. The van der Waals surface area contributed by atoms with Crippen molar-refractivity contribution in [2.75, 3.05) is 41.8 Å². The van der Waals surface area contributed by atoms with E-state index in [2.05, 4.69) is 33.2 Å². The molecule has 8 atom stereocenters. The number of Topliss-reactive ketones (excluding diaryl/α,β-unsaturated/α-hetero) is 1. The number of unbranched alkanes of at least 4 members (excludes halogenated alkanes) is 3. The molecule has 0 spiro atoms. The highest BCUT2D eigenvalue weighted by Gasteiger charge is 2.43. The van der Waals surface area contributed by atoms with Crippen molar-refractivity contribution in [3.63, 3.8) is 0 Å². The second kappa shape index (κ2) is 30.2. The minimum absolute atomic E-state index is 0.0527. The van der Waals surface area contributed by atoms with Gasteiger partial charge >= 0.3 is 6.09 Å². The van der Waals surface area contributed by atoms with Gasteiger partial charge in [-0.15, -0.1) is 0 Å². The minimum Gasteiger partial charge on any atom is -0.444 e. The van der Waals surface area contributed by atoms with Crippen LogP contribution in [0.15, 0.2) is 16.8 Å². The highest BCUT2D eigenvalue weighted by atomic mass is 16.6. The highest BCUT2D eigenvalue weighted by Crippen LogP contribution is 2.25. The molecule has 1 rings (SSSR count). The molecular weight excluding hydrogens is 907 g/mol. The van der Waals surface area contributed by atoms with Gasteiger partial charge in [0.25, 0.3) is 5.91 Å². The summed E-state index contributed by atoms with van der Waals surface area (Å²) in [5.41, 5.74) is -0.266. The molecule has 18 nitrogen and oxygen atoms in total. The Bertz CT molecular complexity index is 1840. The Morgan fingerprint density at radius 1 is 0.620 bits per heavy atom. The van der Waals surface area contributed by atoms with E-state index in [1.54, 1.807) is 34.3 Å². The van der Waals surface area contributed by atoms with Crippen LogP contribution in [0.25, 0.3) is 0 Å². The van der Waals surface area contributed by atoms with E-state index in [1.165, 1.54) is 46.7 Å². The standard InChI is InChI=1S/C53H95N9O9/c1-32(2)28-40(54-15)47(65)57-37(10)46(64)58-44(39-25-27-55-39)50(68)61(18)42(29-33(3)4)48(66)60(17)43(30-34(5)6)49(67)62(19)45(35(7)8)51(69)59(16)41(38(11)63)31-36(9)24-22-20-21-23-26-56-52(70)71-53(12,13)14/h25,27,32-37,40-45,54H,20-24,26,28-31H2,1-19H3,(H,56,70)(H,57,65)(H,58,64)/t36-,37-,40+,41?,42-,43+,44?,45+/m1/s1. The largest absolute Gasteiger partial charge is 0.444 e. The molecule has 7 amide bonds. The summed E-state index contributed by atoms with van der Waals surface area (Å²) < 4.78 is 5.29. The summed E-state index contributed by atoms with van der Waals surface area (Å²) >= 11 is 0. The number of ketones is 1. The number of carbonyl (C=O) groups excluding carboxylic acids is 8. The predicted octanol–water partition coefficient (Wildman–Crippen LogP) is 5.72. The number of likely N-dealkylation sites (N-methyl/N-ethyl adjacent to an activating group) is 5. The van der Waals surface area contributed by atoms with E-state index >= 15 is 0 Å². The summed E-state index contributed by atoms with van der Waals surface area (Å²) in [5.74, 6) is -3.17. The second-order valence-corrected chi connectivity index (χ2v) is 22.4. The fourth-order valence-corrected chi connectivity index (χ4v) is 8.76. The first kappa shape index (κ1) is 64.1. The van der Waals surface area contributed by atoms with E-state index in [0.29, 0.717) is 19.4 Å². The Morgan fingerprint density at radius 3 is 1.56 bits per heavy atom. The zero-order valence-corrected chi connectivity index (χ0v) is 47.1. The number of aliphatic imine (C=N–C) groups is 1. The van der Waals surface area contributed by atoms with Crippen molar-refractivity contribution in [2.45, 2.75) is 203 Å². The van der Waals surface area contributed by atoms with E-state index in [9.17, 15) is 38.4 Å². The van der Waals surface area contributed by atoms with Gasteiger partial charge in [0.15, 0.2) is 11.8 Å². The van der Waals surface area contributed by atoms with Crippen LogP contribution in [-0.2, 0) is 38.3 Å². The molecule has 406 valence electrons. The van der Waals surface area contributed by atoms with E-state index < -0.39 is 77.6 Å². The molecule has 1 heterocycles. The van der Waals surface area contributed by atoms with Crippen LogP contribution in [0, 0.1) is 29.6 Å². The summed E-state index contributed by atoms with van der Waals surface area (Å²) in [6.07, 6.45) is 8.63. The number of ether oxygens (including phenoxy) is 1. The number of amides is 7. The van der Waals surface area contributed by atoms with Gasteiger partial charge in [-0.1, -0.05) is 88.0 Å². The lowest BCUT2D eigenvalue weighted by Gasteiger charge is -2.41. The number of rotatable bonds is 31. The van der Waals surface area contributed by atoms with Crippen molar-refractivity contribution in [3.8, 4) is 0 Å². The zero-order chi connectivity index (χ0) is 54.7. The maximum absolute atomic E-state index is 14.8. The summed E-state index contributed by atoms with van der Waals surface area (Å²) in [5, 5.41) is 11.3. The van der Waals surface area contributed by atoms with Crippen molar-refractivity contribution in [3.05, 3.63) is 11.8 Å². The van der Waals surface area contributed by atoms with Crippen LogP contribution < -0.4 is 21.3 Å². The molecule has 0 fully saturated rings. The number of hydrogen-bond acceptors (Lipinski definition) is 11. The quantitative estimate of drug-likeness (QED) is 0.0619. The minimum atomic E-state index is -1.26. The third-order valence-corrected chi connectivity index (χ3v) is 12.9. The maximum atomic E-state index is 14.8. The van der Waals surface area contributed by atoms with Gasteiger partial charge in [0, 0.05) is 41.0 Å². The van der Waals surface area contributed by atoms with Crippen LogP contribution in [0.4, 0.5) is 4.79 Å². The molecule has 1 aliphatic heterocycles. The monoisotopic (exact) mass is 1000 g/mol. The third-order valence-electron chi connectivity index (χ3n) is 12.9. The molecule has 0 aromatic heterocycles. The van der Waals surface area contributed by atoms with Crippen molar-refractivity contribution in [2.24, 2.45) is 34.6 Å². The number of carbonyl (C=O) groups is 8. The van der Waals surface area contributed by atoms with Gasteiger partial charge in [0.05, 0.1) is 17.8 Å². The number of nitrogens with zero attached hydrogens (tertiary/aromatic N) is 5. The molecule has 4 N–H and O–H groups in total. The van der Waals surface area contributed by atoms with Gasteiger partial charge in [0.1, 0.15) is 29.8 Å². The number of nitrogens with one attached hydrogen (secondary N) is 4. The molecule has 1 aliphatic rings. The van der Waals surface area contributed by atoms with Gasteiger partial charge in [-0.2, -0.15) is 0 Å². The maximum Gasteiger partial charge on any atom is 0.407 e. The van der Waals surface area contributed by atoms with Crippen LogP contribution in [0.3, 0.4) is 0 Å². The number of allylic oxidation sites excluding steroid dienone is 1. The SMILES string of the molecule is CN[C@@H](CC(C)C)C(=O)N[C@H](C)C(=O)NC(C(=O)N(C)[C@H](CC(C)C)C(=O)N(C)[C@@H](CC(C)C)C(=O)N(C)[C@H](C(=O)N(C)C(C[C@H](C)CCCCCCNC(=O)OC(C)(C)C)C(C)=O)C(C)C)C1=CC=N1. The Kier molecular flexibility index (Phi) is 27.3. The predicted molar refractivity (Wildman–Crippen MR) is 280 cm³/mol. The Labute approximate surface area is 427 Å². The van der Waals surface area contributed by atoms with Gasteiger partial charge in [0.2, 0.25) is 29.5 Å². The first-order valence-electron chi connectivity index (χ1n) is 25.9. The first-order chi connectivity index (χ1) is 32.9. The van der Waals surface area contributed by atoms with Crippen molar-refractivity contribution in [1.82, 2.24) is 40.9 Å². The van der Waals surface area contributed by atoms with Gasteiger partial charge in [-0.25, -0.2) is 4.79 Å². The van der Waals surface area contributed by atoms with Gasteiger partial charge in [-0.3, -0.25) is 38.6 Å². The van der Waals surface area contributed by atoms with Crippen molar-refractivity contribution < 1.29 is 43.1 Å². The van der Waals surface area contributed by atoms with Crippen LogP contribution in [0.2, 0.25) is 0 Å². The van der Waals surface area contributed by atoms with Crippen molar-refractivity contribution in [1.29, 1.82) is 0 Å². The average molecular weight is 1000 g/mol. The lowest BCUT2D eigenvalue weighted by Crippen LogP contribution is -2.61. The molecule has 0 aromatic rings. The molecular formula is C53H95N9O9. The van der Waals surface area contributed by atoms with E-state index in [1.807, 2.05) is 76.2 Å². The van der Waals surface area contributed by atoms with Crippen molar-refractivity contribution >= 4 is 53.5 Å². The fourth-order valence-electron chi connectivity index (χ4n) is 8.76. The normalized spacial score (nSPS) is 15.8. The first-order valence-corrected chi connectivity index (χ1v) is 25.9. The van der Waals surface area contributed by atoms with Crippen LogP contribution in [-0.4, -0.2) is 163 Å². The van der Waals surface area contributed by atoms with E-state index in [0.717, 1.165) is 32.1 Å². The topological polar surface area (TPSA) is 219 Å². The Balaban J connectivity index is 3.30. The summed E-state index contributed by atoms with van der Waals surface area (Å²) in [7, 11) is 7.89.